The van der Waals surface area contributed by atoms with E-state index in [0.717, 1.165) is 16.7 Å². The molecule has 0 aliphatic carbocycles. The van der Waals surface area contributed by atoms with Crippen molar-refractivity contribution >= 4 is 23.6 Å². The maximum absolute atomic E-state index is 12.6. The molecule has 10 nitrogen and oxygen atoms in total. The number of pyridine rings is 1. The first-order chi connectivity index (χ1) is 17.2. The van der Waals surface area contributed by atoms with Crippen LogP contribution in [0.5, 0.6) is 11.6 Å². The Kier molecular flexibility index (Phi) is 7.16. The first-order valence-electron chi connectivity index (χ1n) is 11.4. The molecule has 1 fully saturated rings. The minimum atomic E-state index is -1.18. The fourth-order valence-corrected chi connectivity index (χ4v) is 3.72. The number of aliphatic hydroxyl groups excluding tert-OH is 1. The number of nitrogens with zero attached hydrogens (tertiary/aromatic N) is 4. The molecule has 0 spiro atoms. The summed E-state index contributed by atoms with van der Waals surface area (Å²) >= 11 is 0. The number of carbonyl (C=O) groups is 2. The molecule has 3 N–H and O–H groups in total. The van der Waals surface area contributed by atoms with Crippen LogP contribution in [0.15, 0.2) is 65.8 Å². The number of aryl methyl sites for hydroxylation is 2. The monoisotopic (exact) mass is 489 g/mol. The first kappa shape index (κ1) is 24.7. The van der Waals surface area contributed by atoms with Gasteiger partial charge in [0.1, 0.15) is 5.75 Å². The molecule has 1 saturated heterocycles. The van der Waals surface area contributed by atoms with Crippen LogP contribution in [-0.2, 0) is 6.54 Å². The van der Waals surface area contributed by atoms with Gasteiger partial charge in [0.05, 0.1) is 17.8 Å². The number of amides is 2. The highest BCUT2D eigenvalue weighted by atomic mass is 16.5. The molecule has 0 saturated carbocycles. The summed E-state index contributed by atoms with van der Waals surface area (Å²) in [5.74, 6) is -0.209. The van der Waals surface area contributed by atoms with E-state index in [4.69, 9.17) is 9.84 Å². The molecule has 1 atom stereocenters. The molecule has 2 aromatic carbocycles. The van der Waals surface area contributed by atoms with Crippen molar-refractivity contribution < 1.29 is 24.5 Å². The second kappa shape index (κ2) is 10.4. The standard InChI is InChI=1S/C26H27N5O5/c1-4-30-25(34)29-24(31(26(30)35)15-18-7-5-16(2)6-8-18)28-20-9-10-21(17(3)13-20)36-22-14-19(23(32)33)11-12-27-22/h5-14,26,35H,4,15H2,1-3H3,(H,32,33)(H,28,29,34). The van der Waals surface area contributed by atoms with Crippen LogP contribution < -0.4 is 10.1 Å². The number of guanidine groups is 1. The summed E-state index contributed by atoms with van der Waals surface area (Å²) in [7, 11) is 0. The van der Waals surface area contributed by atoms with Gasteiger partial charge in [0.25, 0.3) is 0 Å². The third-order valence-corrected chi connectivity index (χ3v) is 5.71. The number of aromatic carboxylic acids is 1. The van der Waals surface area contributed by atoms with Crippen LogP contribution in [-0.4, -0.2) is 55.9 Å². The van der Waals surface area contributed by atoms with E-state index in [2.05, 4.69) is 15.3 Å². The Morgan fingerprint density at radius 3 is 2.53 bits per heavy atom. The number of rotatable bonds is 7. The number of nitrogens with one attached hydrogen (secondary N) is 1. The Morgan fingerprint density at radius 2 is 1.86 bits per heavy atom. The van der Waals surface area contributed by atoms with Gasteiger partial charge in [-0.15, -0.1) is 0 Å². The smallest absolute Gasteiger partial charge is 0.335 e. The van der Waals surface area contributed by atoms with Gasteiger partial charge in [0, 0.05) is 18.8 Å². The van der Waals surface area contributed by atoms with Gasteiger partial charge in [-0.05, 0) is 56.2 Å². The molecule has 0 bridgehead atoms. The van der Waals surface area contributed by atoms with Gasteiger partial charge in [-0.25, -0.2) is 19.6 Å². The Labute approximate surface area is 208 Å². The Morgan fingerprint density at radius 1 is 1.11 bits per heavy atom. The summed E-state index contributed by atoms with van der Waals surface area (Å²) in [5.41, 5.74) is 3.41. The van der Waals surface area contributed by atoms with Crippen LogP contribution >= 0.6 is 0 Å². The molecule has 3 aromatic rings. The highest BCUT2D eigenvalue weighted by Crippen LogP contribution is 2.28. The number of hydrogen-bond donors (Lipinski definition) is 3. The van der Waals surface area contributed by atoms with E-state index in [0.29, 0.717) is 24.5 Å². The lowest BCUT2D eigenvalue weighted by Crippen LogP contribution is -2.65. The van der Waals surface area contributed by atoms with E-state index in [1.807, 2.05) is 38.1 Å². The molecule has 1 unspecified atom stereocenters. The lowest BCUT2D eigenvalue weighted by atomic mass is 10.1. The highest BCUT2D eigenvalue weighted by Gasteiger charge is 2.35. The summed E-state index contributed by atoms with van der Waals surface area (Å²) in [4.78, 5) is 35.4. The Hall–Kier alpha value is -4.44. The van der Waals surface area contributed by atoms with Gasteiger partial charge in [0.2, 0.25) is 18.2 Å². The van der Waals surface area contributed by atoms with Crippen molar-refractivity contribution in [2.75, 3.05) is 6.54 Å². The molecule has 0 radical (unpaired) electrons. The Balaban J connectivity index is 1.61. The van der Waals surface area contributed by atoms with E-state index in [1.165, 1.54) is 23.2 Å². The molecule has 2 amide bonds. The second-order valence-electron chi connectivity index (χ2n) is 8.35. The van der Waals surface area contributed by atoms with Gasteiger partial charge >= 0.3 is 12.0 Å². The van der Waals surface area contributed by atoms with Crippen molar-refractivity contribution in [2.24, 2.45) is 4.99 Å². The lowest BCUT2D eigenvalue weighted by Gasteiger charge is -2.41. The molecule has 1 aromatic heterocycles. The number of aliphatic imine (C=N–C) groups is 1. The summed E-state index contributed by atoms with van der Waals surface area (Å²) in [6, 6.07) is 15.4. The molecule has 4 rings (SSSR count). The van der Waals surface area contributed by atoms with Gasteiger partial charge < -0.3 is 14.9 Å². The van der Waals surface area contributed by atoms with Crippen LogP contribution in [0.3, 0.4) is 0 Å². The number of hydrogen-bond acceptors (Lipinski definition) is 6. The third-order valence-electron chi connectivity index (χ3n) is 5.71. The fourth-order valence-electron chi connectivity index (χ4n) is 3.72. The average Bonchev–Trinajstić information content (AvgIpc) is 2.85. The normalized spacial score (nSPS) is 16.7. The average molecular weight is 490 g/mol. The van der Waals surface area contributed by atoms with Crippen molar-refractivity contribution in [3.05, 3.63) is 83.0 Å². The summed E-state index contributed by atoms with van der Waals surface area (Å²) in [5, 5.41) is 22.9. The number of aliphatic hydroxyl groups is 1. The molecule has 1 aliphatic rings. The van der Waals surface area contributed by atoms with Crippen molar-refractivity contribution in [3.8, 4) is 11.6 Å². The topological polar surface area (TPSA) is 128 Å². The molecule has 186 valence electrons. The SMILES string of the molecule is CCN1C(=O)NC(=Nc2ccc(Oc3cc(C(=O)O)ccn3)c(C)c2)N(Cc2ccc(C)cc2)C1O. The van der Waals surface area contributed by atoms with Crippen LogP contribution in [0.1, 0.15) is 34.0 Å². The number of carboxylic acid groups (broad SMARTS) is 1. The van der Waals surface area contributed by atoms with E-state index in [1.54, 1.807) is 30.0 Å². The number of ether oxygens (including phenoxy) is 1. The van der Waals surface area contributed by atoms with E-state index in [-0.39, 0.29) is 17.4 Å². The lowest BCUT2D eigenvalue weighted by molar-refractivity contribution is -0.0670. The number of urea groups is 1. The molecule has 1 aliphatic heterocycles. The molecular weight excluding hydrogens is 462 g/mol. The number of carboxylic acids is 1. The summed E-state index contributed by atoms with van der Waals surface area (Å²) < 4.78 is 5.77. The predicted molar refractivity (Wildman–Crippen MR) is 133 cm³/mol. The number of carbonyl (C=O) groups excluding carboxylic acids is 1. The zero-order chi connectivity index (χ0) is 25.8. The van der Waals surface area contributed by atoms with Gasteiger partial charge in [-0.1, -0.05) is 29.8 Å². The van der Waals surface area contributed by atoms with Crippen LogP contribution in [0.25, 0.3) is 0 Å². The van der Waals surface area contributed by atoms with Gasteiger partial charge in [-0.3, -0.25) is 15.1 Å². The van der Waals surface area contributed by atoms with Gasteiger partial charge in [-0.2, -0.15) is 0 Å². The largest absolute Gasteiger partial charge is 0.478 e. The summed E-state index contributed by atoms with van der Waals surface area (Å²) in [6.07, 6.45) is 0.188. The summed E-state index contributed by atoms with van der Waals surface area (Å²) in [6.45, 7) is 6.27. The van der Waals surface area contributed by atoms with Crippen LogP contribution in [0, 0.1) is 13.8 Å². The van der Waals surface area contributed by atoms with Crippen molar-refractivity contribution in [1.82, 2.24) is 20.1 Å². The Bertz CT molecular complexity index is 1310. The van der Waals surface area contributed by atoms with Crippen LogP contribution in [0.2, 0.25) is 0 Å². The molecule has 10 heteroatoms. The number of aromatic nitrogens is 1. The number of benzene rings is 2. The maximum atomic E-state index is 12.6. The fraction of sp³-hybridized carbons (Fsp3) is 0.231. The zero-order valence-electron chi connectivity index (χ0n) is 20.2. The third kappa shape index (κ3) is 5.44. The van der Waals surface area contributed by atoms with Crippen molar-refractivity contribution in [3.63, 3.8) is 0 Å². The van der Waals surface area contributed by atoms with E-state index >= 15 is 0 Å². The van der Waals surface area contributed by atoms with E-state index in [9.17, 15) is 14.7 Å². The maximum Gasteiger partial charge on any atom is 0.335 e. The minimum absolute atomic E-state index is 0.0714. The minimum Gasteiger partial charge on any atom is -0.478 e. The zero-order valence-corrected chi connectivity index (χ0v) is 20.2. The second-order valence-corrected chi connectivity index (χ2v) is 8.35. The van der Waals surface area contributed by atoms with E-state index < -0.39 is 18.4 Å². The van der Waals surface area contributed by atoms with Crippen molar-refractivity contribution in [2.45, 2.75) is 33.7 Å². The molecule has 2 heterocycles. The van der Waals surface area contributed by atoms with Gasteiger partial charge in [0.15, 0.2) is 0 Å². The quantitative estimate of drug-likeness (QED) is 0.458. The highest BCUT2D eigenvalue weighted by molar-refractivity contribution is 5.99. The van der Waals surface area contributed by atoms with Crippen LogP contribution in [0.4, 0.5) is 10.5 Å². The molecule has 36 heavy (non-hydrogen) atoms. The molecular formula is C26H27N5O5. The van der Waals surface area contributed by atoms with Crippen molar-refractivity contribution in [1.29, 1.82) is 0 Å². The first-order valence-corrected chi connectivity index (χ1v) is 11.4. The predicted octanol–water partition coefficient (Wildman–Crippen LogP) is 4.00.